The third-order valence-electron chi connectivity index (χ3n) is 2.49. The van der Waals surface area contributed by atoms with Crippen LogP contribution in [-0.2, 0) is 6.18 Å². The summed E-state index contributed by atoms with van der Waals surface area (Å²) in [7, 11) is 3.78. The van der Waals surface area contributed by atoms with E-state index in [2.05, 4.69) is 0 Å². The molecule has 0 atom stereocenters. The lowest BCUT2D eigenvalue weighted by Crippen LogP contribution is -2.16. The first kappa shape index (κ1) is 16.1. The van der Waals surface area contributed by atoms with Crippen molar-refractivity contribution in [1.82, 2.24) is 4.90 Å². The van der Waals surface area contributed by atoms with Crippen LogP contribution in [0.1, 0.15) is 17.5 Å². The number of benzene rings is 1. The van der Waals surface area contributed by atoms with Gasteiger partial charge in [0.05, 0.1) is 17.2 Å². The molecule has 0 aromatic heterocycles. The van der Waals surface area contributed by atoms with E-state index in [0.717, 1.165) is 12.6 Å². The van der Waals surface area contributed by atoms with Gasteiger partial charge in [0.15, 0.2) is 0 Å². The second-order valence-corrected chi connectivity index (χ2v) is 5.03. The van der Waals surface area contributed by atoms with Gasteiger partial charge in [-0.1, -0.05) is 11.6 Å². The average molecular weight is 296 g/mol. The van der Waals surface area contributed by atoms with Crippen LogP contribution < -0.4 is 4.74 Å². The number of hydrogen-bond acceptors (Lipinski definition) is 2. The zero-order chi connectivity index (χ0) is 14.6. The number of nitrogens with zero attached hydrogens (tertiary/aromatic N) is 1. The molecule has 6 heteroatoms. The molecule has 0 radical (unpaired) electrons. The summed E-state index contributed by atoms with van der Waals surface area (Å²) in [6.07, 6.45) is -3.83. The molecule has 0 heterocycles. The first-order valence-corrected chi connectivity index (χ1v) is 6.24. The summed E-state index contributed by atoms with van der Waals surface area (Å²) in [5, 5.41) is -0.00261. The lowest BCUT2D eigenvalue weighted by Gasteiger charge is -2.17. The van der Waals surface area contributed by atoms with Crippen molar-refractivity contribution in [1.29, 1.82) is 0 Å². The molecule has 0 aliphatic rings. The highest BCUT2D eigenvalue weighted by molar-refractivity contribution is 6.32. The first-order valence-electron chi connectivity index (χ1n) is 5.86. The van der Waals surface area contributed by atoms with Crippen molar-refractivity contribution in [3.8, 4) is 5.75 Å². The fraction of sp³-hybridized carbons (Fsp3) is 0.538. The molecule has 0 aliphatic carbocycles. The highest BCUT2D eigenvalue weighted by atomic mass is 35.5. The van der Waals surface area contributed by atoms with E-state index in [1.807, 2.05) is 19.0 Å². The average Bonchev–Trinajstić information content (AvgIpc) is 2.24. The molecule has 1 aromatic carbocycles. The van der Waals surface area contributed by atoms with E-state index in [1.165, 1.54) is 6.07 Å². The lowest BCUT2D eigenvalue weighted by atomic mass is 10.1. The van der Waals surface area contributed by atoms with Crippen molar-refractivity contribution < 1.29 is 17.9 Å². The van der Waals surface area contributed by atoms with Gasteiger partial charge in [0, 0.05) is 6.54 Å². The van der Waals surface area contributed by atoms with E-state index < -0.39 is 11.7 Å². The van der Waals surface area contributed by atoms with Crippen LogP contribution >= 0.6 is 11.6 Å². The predicted octanol–water partition coefficient (Wildman–Crippen LogP) is 4.00. The number of halogens is 4. The maximum Gasteiger partial charge on any atom is 0.420 e. The fourth-order valence-corrected chi connectivity index (χ4v) is 1.97. The van der Waals surface area contributed by atoms with Gasteiger partial charge >= 0.3 is 6.18 Å². The third-order valence-corrected chi connectivity index (χ3v) is 2.77. The Bertz CT molecular complexity index is 433. The van der Waals surface area contributed by atoms with Crippen molar-refractivity contribution in [3.63, 3.8) is 0 Å². The largest absolute Gasteiger partial charge is 0.491 e. The van der Waals surface area contributed by atoms with Crippen LogP contribution in [0.4, 0.5) is 13.2 Å². The van der Waals surface area contributed by atoms with Crippen LogP contribution in [0.15, 0.2) is 12.1 Å². The summed E-state index contributed by atoms with van der Waals surface area (Å²) >= 11 is 5.85. The molecule has 0 N–H and O–H groups in total. The summed E-state index contributed by atoms with van der Waals surface area (Å²) < 4.78 is 43.9. The Labute approximate surface area is 116 Å². The normalized spacial score (nSPS) is 12.0. The zero-order valence-corrected chi connectivity index (χ0v) is 11.9. The van der Waals surface area contributed by atoms with Crippen molar-refractivity contribution >= 4 is 11.6 Å². The maximum absolute atomic E-state index is 12.9. The molecule has 0 spiro atoms. The van der Waals surface area contributed by atoms with Crippen molar-refractivity contribution in [2.45, 2.75) is 19.5 Å². The topological polar surface area (TPSA) is 12.5 Å². The van der Waals surface area contributed by atoms with Gasteiger partial charge in [-0.25, -0.2) is 0 Å². The van der Waals surface area contributed by atoms with Crippen LogP contribution in [0.5, 0.6) is 5.75 Å². The van der Waals surface area contributed by atoms with Crippen molar-refractivity contribution in [3.05, 3.63) is 28.3 Å². The van der Waals surface area contributed by atoms with Crippen molar-refractivity contribution in [2.75, 3.05) is 27.2 Å². The third kappa shape index (κ3) is 4.91. The summed E-state index contributed by atoms with van der Waals surface area (Å²) in [4.78, 5) is 1.94. The van der Waals surface area contributed by atoms with Crippen molar-refractivity contribution in [2.24, 2.45) is 0 Å². The van der Waals surface area contributed by atoms with E-state index in [9.17, 15) is 13.2 Å². The van der Waals surface area contributed by atoms with Crippen LogP contribution in [0, 0.1) is 6.92 Å². The monoisotopic (exact) mass is 295 g/mol. The van der Waals surface area contributed by atoms with Gasteiger partial charge in [0.2, 0.25) is 0 Å². The van der Waals surface area contributed by atoms with Crippen LogP contribution in [0.2, 0.25) is 5.02 Å². The lowest BCUT2D eigenvalue weighted by molar-refractivity contribution is -0.139. The number of hydrogen-bond donors (Lipinski definition) is 0. The Balaban J connectivity index is 2.87. The summed E-state index contributed by atoms with van der Waals surface area (Å²) in [5.41, 5.74) is -0.361. The van der Waals surface area contributed by atoms with Crippen LogP contribution in [0.3, 0.4) is 0 Å². The number of rotatable bonds is 5. The van der Waals surface area contributed by atoms with E-state index >= 15 is 0 Å². The molecule has 1 aromatic rings. The summed E-state index contributed by atoms with van der Waals surface area (Å²) in [5.74, 6) is -0.279. The van der Waals surface area contributed by atoms with Gasteiger partial charge in [0.25, 0.3) is 0 Å². The fourth-order valence-electron chi connectivity index (χ4n) is 1.64. The van der Waals surface area contributed by atoms with Gasteiger partial charge < -0.3 is 9.64 Å². The minimum atomic E-state index is -4.47. The van der Waals surface area contributed by atoms with E-state index in [4.69, 9.17) is 16.3 Å². The van der Waals surface area contributed by atoms with Gasteiger partial charge in [0.1, 0.15) is 5.75 Å². The second-order valence-electron chi connectivity index (χ2n) is 4.63. The quantitative estimate of drug-likeness (QED) is 0.761. The summed E-state index contributed by atoms with van der Waals surface area (Å²) in [6.45, 7) is 2.51. The smallest absolute Gasteiger partial charge is 0.420 e. The maximum atomic E-state index is 12.9. The second kappa shape index (κ2) is 6.48. The molecule has 0 fully saturated rings. The SMILES string of the molecule is Cc1cc(Cl)c(OCCCN(C)C)c(C(F)(F)F)c1. The molecule has 108 valence electrons. The first-order chi connectivity index (χ1) is 8.71. The number of aryl methyl sites for hydroxylation is 1. The molecule has 1 rings (SSSR count). The Morgan fingerprint density at radius 1 is 1.26 bits per heavy atom. The van der Waals surface area contributed by atoms with Gasteiger partial charge in [-0.15, -0.1) is 0 Å². The van der Waals surface area contributed by atoms with Crippen LogP contribution in [0.25, 0.3) is 0 Å². The summed E-state index contributed by atoms with van der Waals surface area (Å²) in [6, 6.07) is 2.52. The minimum absolute atomic E-state index is 0.00261. The Morgan fingerprint density at radius 3 is 2.42 bits per heavy atom. The highest BCUT2D eigenvalue weighted by Crippen LogP contribution is 2.41. The molecule has 19 heavy (non-hydrogen) atoms. The number of alkyl halides is 3. The molecule has 0 unspecified atom stereocenters. The van der Waals surface area contributed by atoms with E-state index in [0.29, 0.717) is 12.0 Å². The molecule has 0 saturated carbocycles. The minimum Gasteiger partial charge on any atom is -0.491 e. The Morgan fingerprint density at radius 2 is 1.89 bits per heavy atom. The molecule has 2 nitrogen and oxygen atoms in total. The zero-order valence-electron chi connectivity index (χ0n) is 11.1. The molecule has 0 bridgehead atoms. The molecule has 0 amide bonds. The van der Waals surface area contributed by atoms with Gasteiger partial charge in [-0.3, -0.25) is 0 Å². The van der Waals surface area contributed by atoms with E-state index in [1.54, 1.807) is 6.92 Å². The molecule has 0 aliphatic heterocycles. The van der Waals surface area contributed by atoms with Gasteiger partial charge in [-0.2, -0.15) is 13.2 Å². The molecular weight excluding hydrogens is 279 g/mol. The van der Waals surface area contributed by atoms with Gasteiger partial charge in [-0.05, 0) is 45.1 Å². The Kier molecular flexibility index (Phi) is 5.50. The molecular formula is C13H17ClF3NO. The van der Waals surface area contributed by atoms with E-state index in [-0.39, 0.29) is 17.4 Å². The molecule has 0 saturated heterocycles. The van der Waals surface area contributed by atoms with Crippen LogP contribution in [-0.4, -0.2) is 32.1 Å². The predicted molar refractivity (Wildman–Crippen MR) is 69.9 cm³/mol. The Hall–Kier alpha value is -0.940. The number of ether oxygens (including phenoxy) is 1. The standard InChI is InChI=1S/C13H17ClF3NO/c1-9-7-10(13(15,16)17)12(11(14)8-9)19-6-4-5-18(2)3/h7-8H,4-6H2,1-3H3. The highest BCUT2D eigenvalue weighted by Gasteiger charge is 2.35.